The van der Waals surface area contributed by atoms with E-state index in [4.69, 9.17) is 5.84 Å². The molecular formula is C11H10Br2FN5. The molecule has 100 valence electrons. The molecule has 1 aromatic carbocycles. The first-order valence-corrected chi connectivity index (χ1v) is 6.81. The summed E-state index contributed by atoms with van der Waals surface area (Å²) in [5.41, 5.74) is 3.94. The molecule has 0 spiro atoms. The highest BCUT2D eigenvalue weighted by molar-refractivity contribution is 9.11. The van der Waals surface area contributed by atoms with Gasteiger partial charge in [-0.25, -0.2) is 20.2 Å². The number of nitrogen functional groups attached to an aromatic ring is 1. The summed E-state index contributed by atoms with van der Waals surface area (Å²) in [4.78, 5) is 8.05. The van der Waals surface area contributed by atoms with E-state index >= 15 is 0 Å². The molecule has 0 aliphatic carbocycles. The Morgan fingerprint density at radius 3 is 2.58 bits per heavy atom. The van der Waals surface area contributed by atoms with Crippen LogP contribution in [0.15, 0.2) is 27.4 Å². The van der Waals surface area contributed by atoms with E-state index in [9.17, 15) is 4.39 Å². The summed E-state index contributed by atoms with van der Waals surface area (Å²) in [5, 5.41) is 3.09. The minimum atomic E-state index is -0.311. The molecule has 0 atom stereocenters. The lowest BCUT2D eigenvalue weighted by molar-refractivity contribution is 0.620. The lowest BCUT2D eigenvalue weighted by Gasteiger charge is -2.12. The number of rotatable bonds is 3. The van der Waals surface area contributed by atoms with Crippen LogP contribution in [0.5, 0.6) is 0 Å². The number of benzene rings is 1. The van der Waals surface area contributed by atoms with Crippen molar-refractivity contribution in [2.24, 2.45) is 5.84 Å². The highest BCUT2D eigenvalue weighted by Crippen LogP contribution is 2.31. The summed E-state index contributed by atoms with van der Waals surface area (Å²) in [7, 11) is 0. The van der Waals surface area contributed by atoms with Crippen LogP contribution in [-0.4, -0.2) is 9.97 Å². The largest absolute Gasteiger partial charge is 0.339 e. The van der Waals surface area contributed by atoms with Gasteiger partial charge in [0.25, 0.3) is 0 Å². The van der Waals surface area contributed by atoms with Crippen LogP contribution in [0.4, 0.5) is 21.7 Å². The van der Waals surface area contributed by atoms with Crippen LogP contribution >= 0.6 is 31.9 Å². The summed E-state index contributed by atoms with van der Waals surface area (Å²) in [6.45, 7) is 1.80. The number of anilines is 3. The van der Waals surface area contributed by atoms with E-state index in [0.717, 1.165) is 11.3 Å². The minimum absolute atomic E-state index is 0.311. The smallest absolute Gasteiger partial charge is 0.159 e. The van der Waals surface area contributed by atoms with E-state index in [0.29, 0.717) is 20.6 Å². The van der Waals surface area contributed by atoms with Crippen molar-refractivity contribution >= 4 is 49.2 Å². The maximum atomic E-state index is 13.4. The van der Waals surface area contributed by atoms with E-state index in [1.54, 1.807) is 13.0 Å². The summed E-state index contributed by atoms with van der Waals surface area (Å²) in [6, 6.07) is 3.08. The molecule has 0 radical (unpaired) electrons. The van der Waals surface area contributed by atoms with Gasteiger partial charge >= 0.3 is 0 Å². The Kier molecular flexibility index (Phi) is 4.33. The molecule has 0 saturated heterocycles. The van der Waals surface area contributed by atoms with E-state index in [1.807, 2.05) is 0 Å². The number of nitrogens with one attached hydrogen (secondary N) is 2. The predicted octanol–water partition coefficient (Wildman–Crippen LogP) is 3.48. The van der Waals surface area contributed by atoms with Crippen molar-refractivity contribution in [3.8, 4) is 0 Å². The molecule has 2 aromatic rings. The number of halogens is 3. The first-order chi connectivity index (χ1) is 9.02. The van der Waals surface area contributed by atoms with Crippen molar-refractivity contribution in [3.63, 3.8) is 0 Å². The molecule has 1 aromatic heterocycles. The second-order valence-corrected chi connectivity index (χ2v) is 5.38. The van der Waals surface area contributed by atoms with Crippen molar-refractivity contribution in [2.45, 2.75) is 6.92 Å². The molecule has 0 amide bonds. The van der Waals surface area contributed by atoms with E-state index in [2.05, 4.69) is 52.6 Å². The van der Waals surface area contributed by atoms with Crippen molar-refractivity contribution in [1.29, 1.82) is 0 Å². The van der Waals surface area contributed by atoms with Gasteiger partial charge in [-0.15, -0.1) is 0 Å². The number of nitrogens with two attached hydrogens (primary N) is 1. The second-order valence-electron chi connectivity index (χ2n) is 3.74. The highest BCUT2D eigenvalue weighted by Gasteiger charge is 2.11. The van der Waals surface area contributed by atoms with Crippen LogP contribution in [0.25, 0.3) is 0 Å². The lowest BCUT2D eigenvalue weighted by atomic mass is 10.2. The number of hydrazine groups is 1. The Hall–Kier alpha value is -1.25. The number of nitrogens with zero attached hydrogens (tertiary/aromatic N) is 2. The normalized spacial score (nSPS) is 10.4. The van der Waals surface area contributed by atoms with Gasteiger partial charge in [0.1, 0.15) is 22.4 Å². The molecule has 19 heavy (non-hydrogen) atoms. The SMILES string of the molecule is Cc1cc(F)c(Br)cc1Nc1ncnc(NN)c1Br. The fourth-order valence-electron chi connectivity index (χ4n) is 1.47. The molecule has 0 unspecified atom stereocenters. The van der Waals surface area contributed by atoms with Crippen molar-refractivity contribution < 1.29 is 4.39 Å². The van der Waals surface area contributed by atoms with E-state index in [-0.39, 0.29) is 5.82 Å². The third-order valence-corrected chi connectivity index (χ3v) is 3.81. The van der Waals surface area contributed by atoms with Gasteiger partial charge in [-0.05, 0) is 56.5 Å². The molecule has 5 nitrogen and oxygen atoms in total. The van der Waals surface area contributed by atoms with Gasteiger partial charge in [0.05, 0.1) is 4.47 Å². The second kappa shape index (κ2) is 5.81. The fourth-order valence-corrected chi connectivity index (χ4v) is 2.23. The Morgan fingerprint density at radius 2 is 1.89 bits per heavy atom. The maximum absolute atomic E-state index is 13.4. The molecule has 0 bridgehead atoms. The maximum Gasteiger partial charge on any atom is 0.159 e. The van der Waals surface area contributed by atoms with E-state index in [1.165, 1.54) is 12.4 Å². The molecule has 0 aliphatic heterocycles. The van der Waals surface area contributed by atoms with E-state index < -0.39 is 0 Å². The van der Waals surface area contributed by atoms with Gasteiger partial charge in [-0.2, -0.15) is 0 Å². The molecule has 0 aliphatic rings. The van der Waals surface area contributed by atoms with Crippen LogP contribution < -0.4 is 16.6 Å². The van der Waals surface area contributed by atoms with Gasteiger partial charge in [0, 0.05) is 5.69 Å². The van der Waals surface area contributed by atoms with Crippen LogP contribution in [0.1, 0.15) is 5.56 Å². The predicted molar refractivity (Wildman–Crippen MR) is 79.7 cm³/mol. The Labute approximate surface area is 126 Å². The van der Waals surface area contributed by atoms with Gasteiger partial charge in [0.2, 0.25) is 0 Å². The standard InChI is InChI=1S/C11H10Br2FN5/c1-5-2-7(14)6(12)3-8(5)18-10-9(13)11(19-15)17-4-16-10/h2-4H,15H2,1H3,(H2,16,17,18,19). The lowest BCUT2D eigenvalue weighted by Crippen LogP contribution is -2.10. The zero-order valence-corrected chi connectivity index (χ0v) is 13.0. The first-order valence-electron chi connectivity index (χ1n) is 5.22. The number of hydrogen-bond acceptors (Lipinski definition) is 5. The number of aryl methyl sites for hydroxylation is 1. The van der Waals surface area contributed by atoms with Crippen LogP contribution in [-0.2, 0) is 0 Å². The van der Waals surface area contributed by atoms with Crippen LogP contribution in [0.2, 0.25) is 0 Å². The molecule has 4 N–H and O–H groups in total. The minimum Gasteiger partial charge on any atom is -0.339 e. The van der Waals surface area contributed by atoms with Gasteiger partial charge in [-0.1, -0.05) is 0 Å². The average Bonchev–Trinajstić information content (AvgIpc) is 2.38. The third kappa shape index (κ3) is 3.02. The van der Waals surface area contributed by atoms with Crippen molar-refractivity contribution in [3.05, 3.63) is 38.8 Å². The van der Waals surface area contributed by atoms with Crippen molar-refractivity contribution in [1.82, 2.24) is 9.97 Å². The first kappa shape index (κ1) is 14.2. The van der Waals surface area contributed by atoms with Gasteiger partial charge < -0.3 is 10.7 Å². The van der Waals surface area contributed by atoms with Gasteiger partial charge in [0.15, 0.2) is 5.82 Å². The zero-order chi connectivity index (χ0) is 14.0. The van der Waals surface area contributed by atoms with Crippen LogP contribution in [0.3, 0.4) is 0 Å². The topological polar surface area (TPSA) is 75.9 Å². The number of aromatic nitrogens is 2. The Bertz CT molecular complexity index is 620. The Morgan fingerprint density at radius 1 is 1.21 bits per heavy atom. The molecule has 2 rings (SSSR count). The van der Waals surface area contributed by atoms with Crippen molar-refractivity contribution in [2.75, 3.05) is 10.7 Å². The molecule has 8 heteroatoms. The Balaban J connectivity index is 2.39. The summed E-state index contributed by atoms with van der Waals surface area (Å²) >= 11 is 6.49. The monoisotopic (exact) mass is 389 g/mol. The summed E-state index contributed by atoms with van der Waals surface area (Å²) < 4.78 is 14.3. The highest BCUT2D eigenvalue weighted by atomic mass is 79.9. The quantitative estimate of drug-likeness (QED) is 0.552. The molecule has 0 saturated carbocycles. The summed E-state index contributed by atoms with van der Waals surface area (Å²) in [6.07, 6.45) is 1.37. The average molecular weight is 391 g/mol. The fraction of sp³-hybridized carbons (Fsp3) is 0.0909. The molecule has 0 fully saturated rings. The number of hydrogen-bond donors (Lipinski definition) is 3. The zero-order valence-electron chi connectivity index (χ0n) is 9.84. The van der Waals surface area contributed by atoms with Crippen LogP contribution in [0, 0.1) is 12.7 Å². The molecular weight excluding hydrogens is 381 g/mol. The molecule has 1 heterocycles. The summed E-state index contributed by atoms with van der Waals surface area (Å²) in [5.74, 6) is 6.01. The van der Waals surface area contributed by atoms with Gasteiger partial charge in [-0.3, -0.25) is 0 Å². The third-order valence-electron chi connectivity index (χ3n) is 2.45.